The van der Waals surface area contributed by atoms with E-state index < -0.39 is 23.8 Å². The Morgan fingerprint density at radius 3 is 2.72 bits per heavy atom. The van der Waals surface area contributed by atoms with E-state index in [0.717, 1.165) is 25.2 Å². The average Bonchev–Trinajstić information content (AvgIpc) is 3.44. The van der Waals surface area contributed by atoms with Crippen LogP contribution in [0.15, 0.2) is 49.1 Å². The minimum Gasteiger partial charge on any atom is -0.442 e. The summed E-state index contributed by atoms with van der Waals surface area (Å²) in [5.74, 6) is -1.37. The summed E-state index contributed by atoms with van der Waals surface area (Å²) < 4.78 is 39.0. The second-order valence-electron chi connectivity index (χ2n) is 7.10. The highest BCUT2D eigenvalue weighted by Crippen LogP contribution is 2.31. The highest BCUT2D eigenvalue weighted by molar-refractivity contribution is 5.90. The van der Waals surface area contributed by atoms with Crippen molar-refractivity contribution in [3.63, 3.8) is 0 Å². The number of hydrogen-bond donors (Lipinski definition) is 2. The van der Waals surface area contributed by atoms with Crippen LogP contribution in [0.4, 0.5) is 19.3 Å². The number of rotatable bonds is 5. The van der Waals surface area contributed by atoms with E-state index in [0.29, 0.717) is 18.7 Å². The van der Waals surface area contributed by atoms with Crippen LogP contribution < -0.4 is 16.0 Å². The Morgan fingerprint density at radius 1 is 1.38 bits per heavy atom. The molecule has 3 N–H and O–H groups in total. The van der Waals surface area contributed by atoms with Gasteiger partial charge in [0.15, 0.2) is 0 Å². The number of carbonyl (C=O) groups excluding carboxylic acids is 1. The first kappa shape index (κ1) is 23.0. The van der Waals surface area contributed by atoms with Gasteiger partial charge in [-0.3, -0.25) is 9.88 Å². The molecule has 1 aromatic heterocycles. The number of halogens is 2. The van der Waals surface area contributed by atoms with Gasteiger partial charge in [0.05, 0.1) is 42.9 Å². The smallest absolute Gasteiger partial charge is 0.414 e. The summed E-state index contributed by atoms with van der Waals surface area (Å²) in [4.78, 5) is 17.0. The zero-order chi connectivity index (χ0) is 22.9. The lowest BCUT2D eigenvalue weighted by Gasteiger charge is -2.15. The van der Waals surface area contributed by atoms with Gasteiger partial charge >= 0.3 is 6.09 Å². The molecular weight excluding hydrogens is 420 g/mol. The second kappa shape index (κ2) is 11.1. The Morgan fingerprint density at radius 2 is 2.16 bits per heavy atom. The molecular formula is C22H23F2N5O3. The average molecular weight is 443 g/mol. The number of nitrogens with two attached hydrogens (primary N) is 1. The molecule has 0 saturated carbocycles. The molecule has 3 heterocycles. The lowest BCUT2D eigenvalue weighted by molar-refractivity contribution is 0.142. The van der Waals surface area contributed by atoms with Crippen molar-refractivity contribution in [3.8, 4) is 17.2 Å². The maximum absolute atomic E-state index is 14.4. The quantitative estimate of drug-likeness (QED) is 0.730. The lowest BCUT2D eigenvalue weighted by atomic mass is 10.1. The summed E-state index contributed by atoms with van der Waals surface area (Å²) in [7, 11) is 0. The highest BCUT2D eigenvalue weighted by atomic mass is 19.1. The van der Waals surface area contributed by atoms with Gasteiger partial charge < -0.3 is 20.5 Å². The number of cyclic esters (lactones) is 1. The van der Waals surface area contributed by atoms with Crippen molar-refractivity contribution in [1.82, 2.24) is 10.3 Å². The van der Waals surface area contributed by atoms with E-state index in [1.807, 2.05) is 0 Å². The topological polar surface area (TPSA) is 113 Å². The minimum absolute atomic E-state index is 0.101. The van der Waals surface area contributed by atoms with E-state index in [2.05, 4.69) is 16.4 Å². The summed E-state index contributed by atoms with van der Waals surface area (Å²) in [6.07, 6.45) is 5.54. The van der Waals surface area contributed by atoms with Crippen LogP contribution >= 0.6 is 0 Å². The molecule has 2 unspecified atom stereocenters. The number of pyridine rings is 1. The summed E-state index contributed by atoms with van der Waals surface area (Å²) >= 11 is 0. The molecule has 168 valence electrons. The van der Waals surface area contributed by atoms with Crippen molar-refractivity contribution in [3.05, 3.63) is 60.7 Å². The summed E-state index contributed by atoms with van der Waals surface area (Å²) in [6.45, 7) is 1.94. The van der Waals surface area contributed by atoms with Gasteiger partial charge in [0.2, 0.25) is 0 Å². The highest BCUT2D eigenvalue weighted by Gasteiger charge is 2.33. The number of nitrogens with one attached hydrogen (secondary N) is 1. The second-order valence-corrected chi connectivity index (χ2v) is 7.10. The largest absolute Gasteiger partial charge is 0.442 e. The Bertz CT molecular complexity index is 968. The van der Waals surface area contributed by atoms with Crippen LogP contribution in [0.1, 0.15) is 6.42 Å². The Balaban J connectivity index is 0.000000352. The van der Waals surface area contributed by atoms with Gasteiger partial charge in [-0.15, -0.1) is 0 Å². The maximum Gasteiger partial charge on any atom is 0.414 e. The monoisotopic (exact) mass is 443 g/mol. The van der Waals surface area contributed by atoms with Gasteiger partial charge in [0.1, 0.15) is 17.7 Å². The molecule has 2 aromatic rings. The van der Waals surface area contributed by atoms with Crippen molar-refractivity contribution < 1.29 is 23.0 Å². The van der Waals surface area contributed by atoms with Crippen LogP contribution in [0.2, 0.25) is 0 Å². The van der Waals surface area contributed by atoms with E-state index in [-0.39, 0.29) is 23.7 Å². The van der Waals surface area contributed by atoms with Crippen molar-refractivity contribution >= 4 is 11.8 Å². The van der Waals surface area contributed by atoms with Crippen molar-refractivity contribution in [2.45, 2.75) is 12.5 Å². The van der Waals surface area contributed by atoms with Crippen LogP contribution in [-0.4, -0.2) is 43.5 Å². The lowest BCUT2D eigenvalue weighted by Crippen LogP contribution is -2.29. The fraction of sp³-hybridized carbons (Fsp3) is 0.318. The predicted molar refractivity (Wildman–Crippen MR) is 113 cm³/mol. The molecule has 8 nitrogen and oxygen atoms in total. The number of benzene rings is 1. The number of nitriles is 1. The standard InChI is InChI=1S/C17H16F2N4O2.C5H7NO/c18-14-6-12(7-15(19)16(14)11-2-1-4-21-8-11)23-10-13(25-17(23)24)9-22-5-3-20;6-3-5-1-2-7-4-5/h1-8,13,22H,9-10,20H2;5H,1-2,4H2/b5-3-;. The van der Waals surface area contributed by atoms with E-state index >= 15 is 0 Å². The summed E-state index contributed by atoms with van der Waals surface area (Å²) in [6, 6.07) is 7.52. The first-order chi connectivity index (χ1) is 15.5. The molecule has 32 heavy (non-hydrogen) atoms. The van der Waals surface area contributed by atoms with Gasteiger partial charge in [-0.1, -0.05) is 6.07 Å². The van der Waals surface area contributed by atoms with Gasteiger partial charge in [0.25, 0.3) is 0 Å². The first-order valence-corrected chi connectivity index (χ1v) is 9.98. The third kappa shape index (κ3) is 5.70. The minimum atomic E-state index is -0.775. The Labute approximate surface area is 184 Å². The Kier molecular flexibility index (Phi) is 7.94. The zero-order valence-electron chi connectivity index (χ0n) is 17.2. The van der Waals surface area contributed by atoms with Crippen LogP contribution in [0.25, 0.3) is 11.1 Å². The van der Waals surface area contributed by atoms with Crippen LogP contribution in [-0.2, 0) is 9.47 Å². The number of hydrogen-bond acceptors (Lipinski definition) is 7. The molecule has 1 aromatic carbocycles. The molecule has 0 spiro atoms. The Hall–Kier alpha value is -3.71. The molecule has 2 saturated heterocycles. The zero-order valence-corrected chi connectivity index (χ0v) is 17.2. The van der Waals surface area contributed by atoms with Gasteiger partial charge in [-0.25, -0.2) is 13.6 Å². The number of aromatic nitrogens is 1. The fourth-order valence-electron chi connectivity index (χ4n) is 3.24. The van der Waals surface area contributed by atoms with Gasteiger partial charge in [0, 0.05) is 37.0 Å². The number of carbonyl (C=O) groups is 1. The van der Waals surface area contributed by atoms with Crippen molar-refractivity contribution in [1.29, 1.82) is 5.26 Å². The number of nitrogens with zero attached hydrogens (tertiary/aromatic N) is 3. The maximum atomic E-state index is 14.4. The number of ether oxygens (including phenoxy) is 2. The van der Waals surface area contributed by atoms with E-state index in [4.69, 9.17) is 20.5 Å². The van der Waals surface area contributed by atoms with E-state index in [1.165, 1.54) is 29.7 Å². The third-order valence-electron chi connectivity index (χ3n) is 4.83. The normalized spacial score (nSPS) is 19.9. The molecule has 0 bridgehead atoms. The van der Waals surface area contributed by atoms with Crippen LogP contribution in [0.3, 0.4) is 0 Å². The molecule has 0 radical (unpaired) electrons. The molecule has 4 rings (SSSR count). The van der Waals surface area contributed by atoms with Crippen LogP contribution in [0.5, 0.6) is 0 Å². The number of anilines is 1. The molecule has 0 aliphatic carbocycles. The van der Waals surface area contributed by atoms with Crippen molar-refractivity contribution in [2.24, 2.45) is 11.7 Å². The molecule has 2 fully saturated rings. The molecule has 2 atom stereocenters. The molecule has 1 amide bonds. The SMILES string of the molecule is N#CC1CCOC1.N/C=C\NCC1CN(c2cc(F)c(-c3cccnc3)c(F)c2)C(=O)O1. The third-order valence-corrected chi connectivity index (χ3v) is 4.83. The van der Waals surface area contributed by atoms with Gasteiger partial charge in [-0.05, 0) is 24.6 Å². The van der Waals surface area contributed by atoms with E-state index in [1.54, 1.807) is 12.1 Å². The fourth-order valence-corrected chi connectivity index (χ4v) is 3.24. The predicted octanol–water partition coefficient (Wildman–Crippen LogP) is 2.92. The molecule has 2 aliphatic rings. The molecule has 10 heteroatoms. The summed E-state index contributed by atoms with van der Waals surface area (Å²) in [5.41, 5.74) is 5.45. The van der Waals surface area contributed by atoms with E-state index in [9.17, 15) is 13.6 Å². The van der Waals surface area contributed by atoms with Gasteiger partial charge in [-0.2, -0.15) is 5.26 Å². The first-order valence-electron chi connectivity index (χ1n) is 9.98. The molecule has 2 aliphatic heterocycles. The summed E-state index contributed by atoms with van der Waals surface area (Å²) in [5, 5.41) is 11.1. The number of amides is 1. The van der Waals surface area contributed by atoms with Crippen LogP contribution in [0, 0.1) is 28.9 Å². The van der Waals surface area contributed by atoms with Crippen molar-refractivity contribution in [2.75, 3.05) is 31.2 Å².